The molecule has 0 spiro atoms. The van der Waals surface area contributed by atoms with Gasteiger partial charge in [0.05, 0.1) is 12.8 Å². The number of nitrogens with zero attached hydrogens (tertiary/aromatic N) is 2. The van der Waals surface area contributed by atoms with Crippen molar-refractivity contribution < 1.29 is 18.0 Å². The van der Waals surface area contributed by atoms with E-state index in [1.807, 2.05) is 30.3 Å². The maximum Gasteiger partial charge on any atom is 0.237 e. The molecule has 0 radical (unpaired) electrons. The van der Waals surface area contributed by atoms with Gasteiger partial charge in [0.2, 0.25) is 21.8 Å². The van der Waals surface area contributed by atoms with Gasteiger partial charge in [-0.25, -0.2) is 8.42 Å². The molecule has 0 saturated carbocycles. The fraction of sp³-hybridized carbons (Fsp3) is 0.500. The first-order chi connectivity index (χ1) is 11.3. The molecule has 1 aromatic carbocycles. The van der Waals surface area contributed by atoms with Gasteiger partial charge in [-0.3, -0.25) is 9.59 Å². The van der Waals surface area contributed by atoms with Crippen LogP contribution in [0.2, 0.25) is 0 Å². The molecule has 8 heteroatoms. The van der Waals surface area contributed by atoms with Gasteiger partial charge >= 0.3 is 0 Å². The largest absolute Gasteiger partial charge is 0.369 e. The van der Waals surface area contributed by atoms with Crippen molar-refractivity contribution in [2.24, 2.45) is 11.7 Å². The zero-order valence-electron chi connectivity index (χ0n) is 13.7. The van der Waals surface area contributed by atoms with Crippen LogP contribution in [-0.4, -0.2) is 55.3 Å². The van der Waals surface area contributed by atoms with Crippen LogP contribution in [0.1, 0.15) is 18.4 Å². The summed E-state index contributed by atoms with van der Waals surface area (Å²) in [6, 6.07) is 9.14. The molecule has 1 saturated heterocycles. The average molecular weight is 353 g/mol. The Morgan fingerprint density at radius 2 is 1.79 bits per heavy atom. The van der Waals surface area contributed by atoms with Crippen molar-refractivity contribution in [3.63, 3.8) is 0 Å². The third kappa shape index (κ3) is 5.04. The summed E-state index contributed by atoms with van der Waals surface area (Å²) in [6.45, 7) is 0.808. The van der Waals surface area contributed by atoms with E-state index in [9.17, 15) is 18.0 Å². The summed E-state index contributed by atoms with van der Waals surface area (Å²) in [4.78, 5) is 25.2. The van der Waals surface area contributed by atoms with Gasteiger partial charge in [-0.15, -0.1) is 0 Å². The highest BCUT2D eigenvalue weighted by molar-refractivity contribution is 7.88. The molecule has 1 fully saturated rings. The van der Waals surface area contributed by atoms with Gasteiger partial charge in [-0.1, -0.05) is 30.3 Å². The summed E-state index contributed by atoms with van der Waals surface area (Å²) in [7, 11) is -3.51. The molecule has 0 aliphatic carbocycles. The molecular formula is C16H23N3O4S. The number of hydrogen-bond acceptors (Lipinski definition) is 4. The maximum absolute atomic E-state index is 12.4. The monoisotopic (exact) mass is 353 g/mol. The Labute approximate surface area is 142 Å². The maximum atomic E-state index is 12.4. The topological polar surface area (TPSA) is 101 Å². The number of amides is 2. The lowest BCUT2D eigenvalue weighted by Gasteiger charge is -2.32. The van der Waals surface area contributed by atoms with Gasteiger partial charge in [0.15, 0.2) is 0 Å². The third-order valence-electron chi connectivity index (χ3n) is 4.23. The average Bonchev–Trinajstić information content (AvgIpc) is 2.54. The highest BCUT2D eigenvalue weighted by Crippen LogP contribution is 2.17. The second kappa shape index (κ2) is 7.76. The van der Waals surface area contributed by atoms with Gasteiger partial charge in [0.1, 0.15) is 0 Å². The number of benzene rings is 1. The van der Waals surface area contributed by atoms with Crippen LogP contribution in [0.5, 0.6) is 0 Å². The number of nitrogens with two attached hydrogens (primary N) is 1. The Balaban J connectivity index is 1.99. The molecule has 0 aromatic heterocycles. The van der Waals surface area contributed by atoms with E-state index in [1.54, 1.807) is 4.90 Å². The van der Waals surface area contributed by atoms with Crippen LogP contribution >= 0.6 is 0 Å². The molecular weight excluding hydrogens is 330 g/mol. The van der Waals surface area contributed by atoms with Gasteiger partial charge in [-0.05, 0) is 18.4 Å². The second-order valence-electron chi connectivity index (χ2n) is 6.07. The van der Waals surface area contributed by atoms with Crippen molar-refractivity contribution >= 4 is 21.8 Å². The number of carbonyl (C=O) groups excluding carboxylic acids is 2. The van der Waals surface area contributed by atoms with E-state index in [-0.39, 0.29) is 30.8 Å². The Morgan fingerprint density at radius 3 is 2.29 bits per heavy atom. The molecule has 2 rings (SSSR count). The lowest BCUT2D eigenvalue weighted by Crippen LogP contribution is -2.46. The Kier molecular flexibility index (Phi) is 5.95. The number of likely N-dealkylation sites (tertiary alicyclic amines) is 1. The summed E-state index contributed by atoms with van der Waals surface area (Å²) in [5, 5.41) is 0. The summed E-state index contributed by atoms with van der Waals surface area (Å²) >= 11 is 0. The minimum atomic E-state index is -3.51. The fourth-order valence-corrected chi connectivity index (χ4v) is 3.47. The predicted molar refractivity (Wildman–Crippen MR) is 90.2 cm³/mol. The predicted octanol–water partition coefficient (Wildman–Crippen LogP) is 0.172. The molecule has 1 aliphatic rings. The Hall–Kier alpha value is -1.93. The molecule has 0 unspecified atom stereocenters. The molecule has 2 N–H and O–H groups in total. The first-order valence-corrected chi connectivity index (χ1v) is 9.68. The van der Waals surface area contributed by atoms with Gasteiger partial charge in [0.25, 0.3) is 0 Å². The molecule has 1 heterocycles. The van der Waals surface area contributed by atoms with E-state index >= 15 is 0 Å². The van der Waals surface area contributed by atoms with Gasteiger partial charge in [-0.2, -0.15) is 4.31 Å². The van der Waals surface area contributed by atoms with Crippen molar-refractivity contribution in [2.75, 3.05) is 25.9 Å². The Morgan fingerprint density at radius 1 is 1.21 bits per heavy atom. The van der Waals surface area contributed by atoms with Crippen LogP contribution in [0.15, 0.2) is 30.3 Å². The van der Waals surface area contributed by atoms with E-state index in [0.29, 0.717) is 25.9 Å². The molecule has 0 atom stereocenters. The number of sulfonamides is 1. The van der Waals surface area contributed by atoms with Crippen molar-refractivity contribution in [1.82, 2.24) is 9.21 Å². The van der Waals surface area contributed by atoms with E-state index in [1.165, 1.54) is 4.31 Å². The molecule has 24 heavy (non-hydrogen) atoms. The smallest absolute Gasteiger partial charge is 0.237 e. The van der Waals surface area contributed by atoms with Gasteiger partial charge < -0.3 is 10.6 Å². The summed E-state index contributed by atoms with van der Waals surface area (Å²) < 4.78 is 25.2. The van der Waals surface area contributed by atoms with Crippen LogP contribution in [0.3, 0.4) is 0 Å². The molecule has 1 aliphatic heterocycles. The van der Waals surface area contributed by atoms with Crippen LogP contribution in [-0.2, 0) is 26.2 Å². The van der Waals surface area contributed by atoms with Crippen molar-refractivity contribution in [2.45, 2.75) is 19.4 Å². The van der Waals surface area contributed by atoms with Crippen molar-refractivity contribution in [1.29, 1.82) is 0 Å². The van der Waals surface area contributed by atoms with E-state index in [2.05, 4.69) is 0 Å². The molecule has 132 valence electrons. The standard InChI is InChI=1S/C16H23N3O4S/c1-24(22,23)19(11-13-5-3-2-4-6-13)12-15(20)18-9-7-14(8-10-18)16(17)21/h2-6,14H,7-12H2,1H3,(H2,17,21). The fourth-order valence-electron chi connectivity index (χ4n) is 2.74. The van der Waals surface area contributed by atoms with Crippen LogP contribution in [0, 0.1) is 5.92 Å². The number of carbonyl (C=O) groups is 2. The van der Waals surface area contributed by atoms with Crippen LogP contribution < -0.4 is 5.73 Å². The first-order valence-electron chi connectivity index (χ1n) is 7.83. The third-order valence-corrected chi connectivity index (χ3v) is 5.43. The minimum Gasteiger partial charge on any atom is -0.369 e. The number of piperidine rings is 1. The van der Waals surface area contributed by atoms with E-state index in [4.69, 9.17) is 5.73 Å². The number of primary amides is 1. The summed E-state index contributed by atoms with van der Waals surface area (Å²) in [5.41, 5.74) is 6.10. The van der Waals surface area contributed by atoms with Gasteiger partial charge in [0, 0.05) is 25.6 Å². The molecule has 0 bridgehead atoms. The normalized spacial score (nSPS) is 16.3. The zero-order chi connectivity index (χ0) is 17.7. The first kappa shape index (κ1) is 18.4. The second-order valence-corrected chi connectivity index (χ2v) is 8.06. The Bertz CT molecular complexity index is 683. The van der Waals surface area contributed by atoms with Crippen LogP contribution in [0.4, 0.5) is 0 Å². The lowest BCUT2D eigenvalue weighted by atomic mass is 9.96. The SMILES string of the molecule is CS(=O)(=O)N(CC(=O)N1CCC(C(N)=O)CC1)Cc1ccccc1. The number of hydrogen-bond donors (Lipinski definition) is 1. The van der Waals surface area contributed by atoms with E-state index < -0.39 is 10.0 Å². The van der Waals surface area contributed by atoms with E-state index in [0.717, 1.165) is 11.8 Å². The highest BCUT2D eigenvalue weighted by atomic mass is 32.2. The summed E-state index contributed by atoms with van der Waals surface area (Å²) in [6.07, 6.45) is 2.15. The highest BCUT2D eigenvalue weighted by Gasteiger charge is 2.28. The molecule has 7 nitrogen and oxygen atoms in total. The van der Waals surface area contributed by atoms with Crippen LogP contribution in [0.25, 0.3) is 0 Å². The van der Waals surface area contributed by atoms with Crippen molar-refractivity contribution in [3.05, 3.63) is 35.9 Å². The summed E-state index contributed by atoms with van der Waals surface area (Å²) in [5.74, 6) is -0.799. The molecule has 1 aromatic rings. The zero-order valence-corrected chi connectivity index (χ0v) is 14.5. The molecule has 2 amide bonds. The van der Waals surface area contributed by atoms with Crippen molar-refractivity contribution in [3.8, 4) is 0 Å². The minimum absolute atomic E-state index is 0.156. The quantitative estimate of drug-likeness (QED) is 0.788. The number of rotatable bonds is 6. The lowest BCUT2D eigenvalue weighted by molar-refractivity contribution is -0.135.